The van der Waals surface area contributed by atoms with Gasteiger partial charge in [0.2, 0.25) is 0 Å². The molecule has 3 aromatic carbocycles. The lowest BCUT2D eigenvalue weighted by molar-refractivity contribution is -0.0271. The SMILES string of the molecule is CC(C)[C@H]1c2c(c3ccccc3n2Cc2ccccc2)CCN1C(=O)O[C@@H]1C[C@H](C)CC[C@H]1C(C)(C)c1ccccc1. The number of hydrogen-bond acceptors (Lipinski definition) is 2. The maximum Gasteiger partial charge on any atom is 0.410 e. The predicted molar refractivity (Wildman–Crippen MR) is 172 cm³/mol. The standard InChI is InChI=1S/C38H46N2O2/c1-26(2)35-36-31(30-18-12-13-19-33(30)40(36)25-28-14-8-6-9-15-28)22-23-39(35)37(41)42-34-24-27(3)20-21-32(34)38(4,5)29-16-10-7-11-17-29/h6-19,26-27,32,34-35H,20-25H2,1-5H3/t27-,32-,34-,35+/m1/s1. The van der Waals surface area contributed by atoms with Gasteiger partial charge in [0.25, 0.3) is 0 Å². The van der Waals surface area contributed by atoms with Gasteiger partial charge in [0, 0.05) is 35.6 Å². The van der Waals surface area contributed by atoms with E-state index < -0.39 is 0 Å². The summed E-state index contributed by atoms with van der Waals surface area (Å²) in [5.74, 6) is 1.08. The number of nitrogens with zero attached hydrogens (tertiary/aromatic N) is 2. The van der Waals surface area contributed by atoms with Crippen LogP contribution in [0.1, 0.15) is 82.3 Å². The molecule has 1 amide bonds. The molecule has 4 nitrogen and oxygen atoms in total. The Hall–Kier alpha value is -3.53. The van der Waals surface area contributed by atoms with E-state index in [4.69, 9.17) is 4.74 Å². The minimum Gasteiger partial charge on any atom is -0.446 e. The monoisotopic (exact) mass is 562 g/mol. The number of carbonyl (C=O) groups excluding carboxylic acids is 1. The maximum absolute atomic E-state index is 14.3. The van der Waals surface area contributed by atoms with Gasteiger partial charge in [-0.2, -0.15) is 0 Å². The van der Waals surface area contributed by atoms with Crippen LogP contribution < -0.4 is 0 Å². The summed E-state index contributed by atoms with van der Waals surface area (Å²) in [5, 5.41) is 1.31. The second-order valence-corrected chi connectivity index (χ2v) is 13.6. The number of carbonyl (C=O) groups is 1. The fraction of sp³-hybridized carbons (Fsp3) is 0.447. The number of rotatable bonds is 6. The molecule has 0 saturated heterocycles. The van der Waals surface area contributed by atoms with E-state index >= 15 is 0 Å². The molecule has 2 aliphatic rings. The Balaban J connectivity index is 1.34. The summed E-state index contributed by atoms with van der Waals surface area (Å²) in [4.78, 5) is 16.3. The molecule has 1 aliphatic heterocycles. The highest BCUT2D eigenvalue weighted by molar-refractivity contribution is 5.87. The van der Waals surface area contributed by atoms with Crippen LogP contribution in [0.4, 0.5) is 4.79 Å². The number of hydrogen-bond donors (Lipinski definition) is 0. The zero-order valence-corrected chi connectivity index (χ0v) is 25.9. The number of amides is 1. The third-order valence-electron chi connectivity index (χ3n) is 10.1. The van der Waals surface area contributed by atoms with Crippen molar-refractivity contribution in [2.75, 3.05) is 6.54 Å². The van der Waals surface area contributed by atoms with Gasteiger partial charge in [0.1, 0.15) is 6.10 Å². The summed E-state index contributed by atoms with van der Waals surface area (Å²) in [7, 11) is 0. The third kappa shape index (κ3) is 5.25. The lowest BCUT2D eigenvalue weighted by Crippen LogP contribution is -2.48. The van der Waals surface area contributed by atoms with Crippen LogP contribution >= 0.6 is 0 Å². The second kappa shape index (κ2) is 11.6. The van der Waals surface area contributed by atoms with Crippen LogP contribution in [0.2, 0.25) is 0 Å². The van der Waals surface area contributed by atoms with E-state index in [2.05, 4.69) is 129 Å². The number of fused-ring (bicyclic) bond motifs is 3. The third-order valence-corrected chi connectivity index (χ3v) is 10.1. The van der Waals surface area contributed by atoms with Crippen molar-refractivity contribution >= 4 is 17.0 Å². The zero-order valence-electron chi connectivity index (χ0n) is 25.9. The fourth-order valence-electron chi connectivity index (χ4n) is 7.89. The van der Waals surface area contributed by atoms with Crippen LogP contribution in [0.3, 0.4) is 0 Å². The Bertz CT molecular complexity index is 1520. The van der Waals surface area contributed by atoms with Crippen LogP contribution in [-0.2, 0) is 23.1 Å². The van der Waals surface area contributed by atoms with E-state index in [0.29, 0.717) is 12.5 Å². The average Bonchev–Trinajstić information content (AvgIpc) is 3.30. The molecule has 1 fully saturated rings. The van der Waals surface area contributed by atoms with Gasteiger partial charge in [-0.3, -0.25) is 4.90 Å². The molecular formula is C38H46N2O2. The molecule has 1 aliphatic carbocycles. The lowest BCUT2D eigenvalue weighted by Gasteiger charge is -2.45. The molecule has 4 atom stereocenters. The summed E-state index contributed by atoms with van der Waals surface area (Å²) < 4.78 is 9.09. The fourth-order valence-corrected chi connectivity index (χ4v) is 7.89. The van der Waals surface area contributed by atoms with Crippen molar-refractivity contribution < 1.29 is 9.53 Å². The highest BCUT2D eigenvalue weighted by Gasteiger charge is 2.44. The highest BCUT2D eigenvalue weighted by Crippen LogP contribution is 2.45. The Kier molecular flexibility index (Phi) is 7.91. The van der Waals surface area contributed by atoms with Gasteiger partial charge in [-0.15, -0.1) is 0 Å². The van der Waals surface area contributed by atoms with E-state index in [1.165, 1.54) is 39.7 Å². The van der Waals surface area contributed by atoms with Crippen molar-refractivity contribution in [3.63, 3.8) is 0 Å². The van der Waals surface area contributed by atoms with Crippen molar-refractivity contribution in [3.05, 3.63) is 107 Å². The first-order chi connectivity index (χ1) is 20.3. The van der Waals surface area contributed by atoms with Crippen LogP contribution in [-0.4, -0.2) is 28.2 Å². The van der Waals surface area contributed by atoms with Gasteiger partial charge in [-0.25, -0.2) is 4.79 Å². The van der Waals surface area contributed by atoms with Crippen molar-refractivity contribution in [1.82, 2.24) is 9.47 Å². The number of ether oxygens (including phenoxy) is 1. The Labute approximate surface area is 251 Å². The Morgan fingerprint density at radius 2 is 1.60 bits per heavy atom. The van der Waals surface area contributed by atoms with Crippen LogP contribution in [0.15, 0.2) is 84.9 Å². The molecule has 1 saturated carbocycles. The summed E-state index contributed by atoms with van der Waals surface area (Å²) in [6.45, 7) is 12.9. The van der Waals surface area contributed by atoms with Gasteiger partial charge >= 0.3 is 6.09 Å². The predicted octanol–water partition coefficient (Wildman–Crippen LogP) is 9.16. The minimum atomic E-state index is -0.149. The van der Waals surface area contributed by atoms with Crippen molar-refractivity contribution in [2.24, 2.45) is 17.8 Å². The maximum atomic E-state index is 14.3. The van der Waals surface area contributed by atoms with E-state index in [-0.39, 0.29) is 35.5 Å². The Morgan fingerprint density at radius 1 is 0.929 bits per heavy atom. The first-order valence-electron chi connectivity index (χ1n) is 15.9. The Morgan fingerprint density at radius 3 is 2.31 bits per heavy atom. The van der Waals surface area contributed by atoms with Gasteiger partial charge in [0.05, 0.1) is 6.04 Å². The molecule has 220 valence electrons. The smallest absolute Gasteiger partial charge is 0.410 e. The summed E-state index contributed by atoms with van der Waals surface area (Å²) >= 11 is 0. The molecule has 0 bridgehead atoms. The van der Waals surface area contributed by atoms with Crippen LogP contribution in [0.5, 0.6) is 0 Å². The molecular weight excluding hydrogens is 516 g/mol. The second-order valence-electron chi connectivity index (χ2n) is 13.6. The summed E-state index contributed by atoms with van der Waals surface area (Å²) in [6.07, 6.45) is 3.77. The van der Waals surface area contributed by atoms with Gasteiger partial charge in [-0.1, -0.05) is 120 Å². The molecule has 1 aromatic heterocycles. The first-order valence-corrected chi connectivity index (χ1v) is 15.9. The highest BCUT2D eigenvalue weighted by atomic mass is 16.6. The van der Waals surface area contributed by atoms with E-state index in [9.17, 15) is 4.79 Å². The topological polar surface area (TPSA) is 34.5 Å². The average molecular weight is 563 g/mol. The van der Waals surface area contributed by atoms with Crippen LogP contribution in [0, 0.1) is 17.8 Å². The lowest BCUT2D eigenvalue weighted by atomic mass is 9.64. The van der Waals surface area contributed by atoms with E-state index in [0.717, 1.165) is 25.8 Å². The molecule has 4 aromatic rings. The molecule has 0 radical (unpaired) electrons. The number of benzene rings is 3. The normalized spacial score (nSPS) is 22.8. The van der Waals surface area contributed by atoms with Crippen molar-refractivity contribution in [2.45, 2.75) is 84.4 Å². The quantitative estimate of drug-likeness (QED) is 0.235. The summed E-state index contributed by atoms with van der Waals surface area (Å²) in [6, 6.07) is 30.2. The summed E-state index contributed by atoms with van der Waals surface area (Å²) in [5.41, 5.74) is 6.42. The van der Waals surface area contributed by atoms with Crippen LogP contribution in [0.25, 0.3) is 10.9 Å². The molecule has 2 heterocycles. The number of aromatic nitrogens is 1. The molecule has 4 heteroatoms. The molecule has 0 N–H and O–H groups in total. The van der Waals surface area contributed by atoms with Gasteiger partial charge in [0.15, 0.2) is 0 Å². The molecule has 0 unspecified atom stereocenters. The first kappa shape index (κ1) is 28.6. The molecule has 6 rings (SSSR count). The van der Waals surface area contributed by atoms with E-state index in [1.54, 1.807) is 0 Å². The minimum absolute atomic E-state index is 0.0426. The van der Waals surface area contributed by atoms with Gasteiger partial charge < -0.3 is 9.30 Å². The van der Waals surface area contributed by atoms with E-state index in [1.807, 2.05) is 0 Å². The van der Waals surface area contributed by atoms with Crippen molar-refractivity contribution in [1.29, 1.82) is 0 Å². The van der Waals surface area contributed by atoms with Crippen molar-refractivity contribution in [3.8, 4) is 0 Å². The van der Waals surface area contributed by atoms with Gasteiger partial charge in [-0.05, 0) is 59.3 Å². The molecule has 42 heavy (non-hydrogen) atoms. The molecule has 0 spiro atoms. The largest absolute Gasteiger partial charge is 0.446 e. The zero-order chi connectivity index (χ0) is 29.4. The number of para-hydroxylation sites is 1.